The van der Waals surface area contributed by atoms with Gasteiger partial charge < -0.3 is 9.05 Å². The molecule has 1 unspecified atom stereocenters. The van der Waals surface area contributed by atoms with Crippen molar-refractivity contribution in [3.8, 4) is 18.3 Å². The fraction of sp³-hybridized carbons (Fsp3) is 0.273. The van der Waals surface area contributed by atoms with Crippen molar-refractivity contribution in [3.63, 3.8) is 0 Å². The van der Waals surface area contributed by atoms with Crippen LogP contribution in [0, 0.1) is 12.5 Å². The zero-order chi connectivity index (χ0) is 13.6. The van der Waals surface area contributed by atoms with Crippen LogP contribution in [0.2, 0.25) is 5.02 Å². The van der Waals surface area contributed by atoms with Gasteiger partial charge in [-0.25, -0.2) is 0 Å². The Morgan fingerprint density at radius 1 is 1.61 bits per heavy atom. The summed E-state index contributed by atoms with van der Waals surface area (Å²) >= 11 is 16.2. The summed E-state index contributed by atoms with van der Waals surface area (Å²) in [6.07, 6.45) is 8.24. The topological polar surface area (TPSA) is 18.5 Å². The van der Waals surface area contributed by atoms with Crippen molar-refractivity contribution >= 4 is 56.4 Å². The molecule has 1 atom stereocenters. The van der Waals surface area contributed by atoms with E-state index in [0.717, 1.165) is 16.6 Å². The van der Waals surface area contributed by atoms with E-state index in [9.17, 15) is 0 Å². The first kappa shape index (κ1) is 16.2. The quantitative estimate of drug-likeness (QED) is 0.478. The van der Waals surface area contributed by atoms with E-state index < -0.39 is 5.69 Å². The average molecular weight is 386 g/mol. The van der Waals surface area contributed by atoms with Crippen molar-refractivity contribution in [2.24, 2.45) is 0 Å². The highest BCUT2D eigenvalue weighted by Crippen LogP contribution is 2.61. The maximum atomic E-state index is 6.07. The summed E-state index contributed by atoms with van der Waals surface area (Å²) in [5, 5.41) is 0.469. The molecule has 0 fully saturated rings. The monoisotopic (exact) mass is 384 g/mol. The van der Waals surface area contributed by atoms with Gasteiger partial charge in [0.2, 0.25) is 0 Å². The average Bonchev–Trinajstić information content (AvgIpc) is 2.31. The molecule has 0 saturated heterocycles. The Balaban J connectivity index is 2.89. The van der Waals surface area contributed by atoms with Gasteiger partial charge in [-0.1, -0.05) is 40.9 Å². The molecule has 1 aromatic carbocycles. The lowest BCUT2D eigenvalue weighted by Gasteiger charge is -2.19. The van der Waals surface area contributed by atoms with Crippen molar-refractivity contribution in [1.29, 1.82) is 0 Å². The zero-order valence-electron chi connectivity index (χ0n) is 9.56. The molecule has 18 heavy (non-hydrogen) atoms. The van der Waals surface area contributed by atoms with Gasteiger partial charge in [0.1, 0.15) is 11.9 Å². The van der Waals surface area contributed by atoms with Gasteiger partial charge in [-0.2, -0.15) is 0 Å². The van der Waals surface area contributed by atoms with E-state index in [-0.39, 0.29) is 0 Å². The highest BCUT2D eigenvalue weighted by molar-refractivity contribution is 9.10. The number of benzene rings is 1. The molecule has 0 amide bonds. The molecule has 0 aromatic heterocycles. The first-order valence-corrected chi connectivity index (χ1v) is 10.4. The Bertz CT molecular complexity index is 504. The minimum atomic E-state index is -2.59. The largest absolute Gasteiger partial charge is 0.426 e. The number of rotatable bonds is 6. The first-order valence-electron chi connectivity index (χ1n) is 5.04. The highest BCUT2D eigenvalue weighted by Gasteiger charge is 2.23. The van der Waals surface area contributed by atoms with E-state index in [2.05, 4.69) is 29.0 Å². The molecule has 0 saturated carbocycles. The van der Waals surface area contributed by atoms with Gasteiger partial charge in [-0.3, -0.25) is 0 Å². The fourth-order valence-electron chi connectivity index (χ4n) is 1.01. The molecule has 0 spiro atoms. The lowest BCUT2D eigenvalue weighted by molar-refractivity contribution is 0.484. The molecule has 2 nitrogen and oxygen atoms in total. The number of hydrogen-bond acceptors (Lipinski definition) is 4. The second-order valence-corrected chi connectivity index (χ2v) is 10.8. The van der Waals surface area contributed by atoms with Crippen molar-refractivity contribution in [1.82, 2.24) is 0 Å². The standard InChI is InChI=1S/C11H11BrClO2PS2/c1-3-7-18-16(17,14-4-2)15-11-6-5-9(12)8-10(11)13/h2,5-6,8H,3,7H2,1H3. The van der Waals surface area contributed by atoms with Crippen LogP contribution in [0.4, 0.5) is 0 Å². The third-order valence-electron chi connectivity index (χ3n) is 1.72. The predicted molar refractivity (Wildman–Crippen MR) is 86.7 cm³/mol. The minimum absolute atomic E-state index is 0.469. The van der Waals surface area contributed by atoms with Crippen LogP contribution in [0.15, 0.2) is 22.7 Å². The van der Waals surface area contributed by atoms with Crippen LogP contribution in [0.5, 0.6) is 5.75 Å². The van der Waals surface area contributed by atoms with E-state index in [1.807, 2.05) is 6.07 Å². The van der Waals surface area contributed by atoms with E-state index in [1.165, 1.54) is 11.4 Å². The Kier molecular flexibility index (Phi) is 6.90. The summed E-state index contributed by atoms with van der Waals surface area (Å²) in [5.41, 5.74) is -2.59. The van der Waals surface area contributed by atoms with Crippen LogP contribution in [-0.4, -0.2) is 5.75 Å². The molecule has 98 valence electrons. The lowest BCUT2D eigenvalue weighted by atomic mass is 10.3. The molecular formula is C11H11BrClO2PS2. The maximum Gasteiger partial charge on any atom is 0.357 e. The lowest BCUT2D eigenvalue weighted by Crippen LogP contribution is -1.93. The van der Waals surface area contributed by atoms with Gasteiger partial charge >= 0.3 is 5.69 Å². The molecule has 0 N–H and O–H groups in total. The summed E-state index contributed by atoms with van der Waals surface area (Å²) < 4.78 is 11.7. The SMILES string of the molecule is C#COP(=S)(Oc1ccc(Br)cc1Cl)SCCC. The Morgan fingerprint density at radius 3 is 2.89 bits per heavy atom. The normalized spacial score (nSPS) is 13.4. The predicted octanol–water partition coefficient (Wildman–Crippen LogP) is 5.46. The molecule has 0 aliphatic rings. The van der Waals surface area contributed by atoms with Crippen molar-refractivity contribution in [2.45, 2.75) is 13.3 Å². The van der Waals surface area contributed by atoms with Crippen LogP contribution in [0.25, 0.3) is 0 Å². The van der Waals surface area contributed by atoms with Crippen LogP contribution in [-0.2, 0) is 16.3 Å². The van der Waals surface area contributed by atoms with E-state index in [4.69, 9.17) is 38.9 Å². The van der Waals surface area contributed by atoms with Crippen LogP contribution >= 0.6 is 44.6 Å². The molecule has 0 radical (unpaired) electrons. The molecule has 1 rings (SSSR count). The summed E-state index contributed by atoms with van der Waals surface area (Å²) in [5.74, 6) is 1.31. The van der Waals surface area contributed by atoms with Crippen LogP contribution in [0.1, 0.15) is 13.3 Å². The van der Waals surface area contributed by atoms with Crippen LogP contribution < -0.4 is 4.52 Å². The molecule has 0 heterocycles. The van der Waals surface area contributed by atoms with Crippen molar-refractivity contribution in [2.75, 3.05) is 5.75 Å². The summed E-state index contributed by atoms with van der Waals surface area (Å²) in [6, 6.07) is 5.29. The molecule has 7 heteroatoms. The summed E-state index contributed by atoms with van der Waals surface area (Å²) in [6.45, 7) is 2.05. The van der Waals surface area contributed by atoms with Gasteiger partial charge in [-0.15, -0.1) is 0 Å². The Morgan fingerprint density at radius 2 is 2.33 bits per heavy atom. The Labute approximate surface area is 130 Å². The van der Waals surface area contributed by atoms with Gasteiger partial charge in [0.25, 0.3) is 0 Å². The highest BCUT2D eigenvalue weighted by atomic mass is 79.9. The van der Waals surface area contributed by atoms with Crippen molar-refractivity contribution in [3.05, 3.63) is 27.7 Å². The molecule has 0 aliphatic carbocycles. The molecule has 1 aromatic rings. The van der Waals surface area contributed by atoms with Crippen LogP contribution in [0.3, 0.4) is 0 Å². The molecule has 0 aliphatic heterocycles. The van der Waals surface area contributed by atoms with Gasteiger partial charge in [0.15, 0.2) is 0 Å². The number of terminal acetylenes is 1. The summed E-state index contributed by atoms with van der Waals surface area (Å²) in [7, 11) is 0. The van der Waals surface area contributed by atoms with Gasteiger partial charge in [-0.05, 0) is 36.0 Å². The fourth-order valence-corrected chi connectivity index (χ4v) is 5.80. The van der Waals surface area contributed by atoms with E-state index in [1.54, 1.807) is 12.1 Å². The van der Waals surface area contributed by atoms with E-state index in [0.29, 0.717) is 10.8 Å². The molecular weight excluding hydrogens is 375 g/mol. The molecule has 0 bridgehead atoms. The van der Waals surface area contributed by atoms with E-state index >= 15 is 0 Å². The third-order valence-corrected chi connectivity index (χ3v) is 7.51. The second kappa shape index (κ2) is 7.67. The minimum Gasteiger partial charge on any atom is -0.426 e. The van der Waals surface area contributed by atoms with Crippen molar-refractivity contribution < 1.29 is 9.05 Å². The Hall–Kier alpha value is 0.150. The second-order valence-electron chi connectivity index (χ2n) is 3.16. The maximum absolute atomic E-state index is 6.07. The smallest absolute Gasteiger partial charge is 0.357 e. The zero-order valence-corrected chi connectivity index (χ0v) is 14.4. The van der Waals surface area contributed by atoms with Gasteiger partial charge in [0, 0.05) is 22.0 Å². The number of halogens is 2. The first-order chi connectivity index (χ1) is 8.50. The number of hydrogen-bond donors (Lipinski definition) is 0. The summed E-state index contributed by atoms with van der Waals surface area (Å²) in [4.78, 5) is 0. The third kappa shape index (κ3) is 5.03. The van der Waals surface area contributed by atoms with Gasteiger partial charge in [0.05, 0.1) is 5.02 Å².